The lowest BCUT2D eigenvalue weighted by molar-refractivity contribution is 0.0695. The van der Waals surface area contributed by atoms with E-state index in [9.17, 15) is 19.1 Å². The van der Waals surface area contributed by atoms with Crippen molar-refractivity contribution in [3.63, 3.8) is 0 Å². The van der Waals surface area contributed by atoms with Gasteiger partial charge in [-0.05, 0) is 37.8 Å². The number of fused-ring (bicyclic) bond motifs is 1. The molecule has 138 valence electrons. The SMILES string of the molecule is CCn1cc(C(=O)O)c(=O)c2cc(F)c(N3CCNC(C4CC4)C3)cc21. The number of pyridine rings is 1. The van der Waals surface area contributed by atoms with Crippen LogP contribution in [0.25, 0.3) is 10.9 Å². The van der Waals surface area contributed by atoms with E-state index < -0.39 is 17.2 Å². The summed E-state index contributed by atoms with van der Waals surface area (Å²) in [6.07, 6.45) is 3.79. The van der Waals surface area contributed by atoms with E-state index in [1.807, 2.05) is 11.8 Å². The minimum Gasteiger partial charge on any atom is -0.477 e. The predicted molar refractivity (Wildman–Crippen MR) is 97.5 cm³/mol. The van der Waals surface area contributed by atoms with Crippen molar-refractivity contribution >= 4 is 22.6 Å². The molecule has 1 aromatic heterocycles. The number of rotatable bonds is 4. The van der Waals surface area contributed by atoms with E-state index in [0.29, 0.717) is 36.3 Å². The lowest BCUT2D eigenvalue weighted by atomic mass is 10.1. The van der Waals surface area contributed by atoms with Crippen LogP contribution in [0.4, 0.5) is 10.1 Å². The van der Waals surface area contributed by atoms with Crippen LogP contribution in [0.3, 0.4) is 0 Å². The average Bonchev–Trinajstić information content (AvgIpc) is 3.47. The van der Waals surface area contributed by atoms with Crippen molar-refractivity contribution in [1.29, 1.82) is 0 Å². The highest BCUT2D eigenvalue weighted by atomic mass is 19.1. The van der Waals surface area contributed by atoms with Gasteiger partial charge in [-0.3, -0.25) is 4.79 Å². The molecule has 1 saturated heterocycles. The average molecular weight is 359 g/mol. The number of aromatic carboxylic acids is 1. The predicted octanol–water partition coefficient (Wildman–Crippen LogP) is 2.05. The van der Waals surface area contributed by atoms with Gasteiger partial charge >= 0.3 is 5.97 Å². The first kappa shape index (κ1) is 17.0. The van der Waals surface area contributed by atoms with Crippen LogP contribution in [-0.2, 0) is 6.54 Å². The number of carboxylic acids is 1. The van der Waals surface area contributed by atoms with Gasteiger partial charge in [-0.25, -0.2) is 9.18 Å². The first-order chi connectivity index (χ1) is 12.5. The number of nitrogens with one attached hydrogen (secondary N) is 1. The fourth-order valence-corrected chi connectivity index (χ4v) is 3.87. The molecule has 1 saturated carbocycles. The summed E-state index contributed by atoms with van der Waals surface area (Å²) < 4.78 is 16.5. The topological polar surface area (TPSA) is 74.6 Å². The Morgan fingerprint density at radius 3 is 2.81 bits per heavy atom. The maximum absolute atomic E-state index is 14.8. The smallest absolute Gasteiger partial charge is 0.341 e. The summed E-state index contributed by atoms with van der Waals surface area (Å²) in [6, 6.07) is 3.26. The zero-order valence-electron chi connectivity index (χ0n) is 14.7. The molecule has 2 aliphatic rings. The van der Waals surface area contributed by atoms with Crippen molar-refractivity contribution in [1.82, 2.24) is 9.88 Å². The summed E-state index contributed by atoms with van der Waals surface area (Å²) >= 11 is 0. The number of benzene rings is 1. The van der Waals surface area contributed by atoms with Crippen LogP contribution in [0.15, 0.2) is 23.1 Å². The highest BCUT2D eigenvalue weighted by Gasteiger charge is 2.34. The molecule has 1 aliphatic heterocycles. The van der Waals surface area contributed by atoms with Crippen molar-refractivity contribution in [2.45, 2.75) is 32.4 Å². The lowest BCUT2D eigenvalue weighted by Crippen LogP contribution is -2.52. The molecule has 6 nitrogen and oxygen atoms in total. The van der Waals surface area contributed by atoms with Crippen LogP contribution >= 0.6 is 0 Å². The van der Waals surface area contributed by atoms with Gasteiger partial charge in [0.15, 0.2) is 0 Å². The standard InChI is InChI=1S/C19H22FN3O3/c1-2-22-9-13(19(25)26)18(24)12-7-14(20)17(8-16(12)22)23-6-5-21-15(10-23)11-3-4-11/h7-9,11,15,21H,2-6,10H2,1H3,(H,25,26). The lowest BCUT2D eigenvalue weighted by Gasteiger charge is -2.35. The van der Waals surface area contributed by atoms with Crippen LogP contribution in [-0.4, -0.2) is 41.3 Å². The molecule has 1 unspecified atom stereocenters. The first-order valence-electron chi connectivity index (χ1n) is 9.08. The number of nitrogens with zero attached hydrogens (tertiary/aromatic N) is 2. The van der Waals surface area contributed by atoms with E-state index >= 15 is 0 Å². The van der Waals surface area contributed by atoms with Crippen LogP contribution in [0.2, 0.25) is 0 Å². The number of aromatic nitrogens is 1. The molecule has 2 fully saturated rings. The van der Waals surface area contributed by atoms with Crippen LogP contribution < -0.4 is 15.6 Å². The number of carbonyl (C=O) groups is 1. The number of aryl methyl sites for hydroxylation is 1. The zero-order chi connectivity index (χ0) is 18.4. The molecule has 4 rings (SSSR count). The summed E-state index contributed by atoms with van der Waals surface area (Å²) in [5.41, 5.74) is 0.0796. The number of halogens is 1. The van der Waals surface area contributed by atoms with Crippen LogP contribution in [0.1, 0.15) is 30.1 Å². The fraction of sp³-hybridized carbons (Fsp3) is 0.474. The normalized spacial score (nSPS) is 20.5. The second-order valence-corrected chi connectivity index (χ2v) is 7.13. The van der Waals surface area contributed by atoms with Crippen molar-refractivity contribution in [2.24, 2.45) is 5.92 Å². The van der Waals surface area contributed by atoms with E-state index in [1.165, 1.54) is 25.1 Å². The van der Waals surface area contributed by atoms with Gasteiger partial charge in [0.25, 0.3) is 0 Å². The summed E-state index contributed by atoms with van der Waals surface area (Å²) in [6.45, 7) is 4.62. The maximum atomic E-state index is 14.8. The molecular formula is C19H22FN3O3. The van der Waals surface area contributed by atoms with E-state index in [4.69, 9.17) is 0 Å². The van der Waals surface area contributed by atoms with Gasteiger partial charge in [-0.15, -0.1) is 0 Å². The Kier molecular flexibility index (Phi) is 4.19. The minimum absolute atomic E-state index is 0.113. The molecular weight excluding hydrogens is 337 g/mol. The molecule has 1 aromatic carbocycles. The number of anilines is 1. The molecule has 7 heteroatoms. The van der Waals surface area contributed by atoms with Crippen molar-refractivity contribution in [3.05, 3.63) is 39.9 Å². The molecule has 0 spiro atoms. The first-order valence-corrected chi connectivity index (χ1v) is 9.08. The molecule has 2 heterocycles. The Balaban J connectivity index is 1.81. The van der Waals surface area contributed by atoms with Gasteiger partial charge in [-0.2, -0.15) is 0 Å². The molecule has 1 aliphatic carbocycles. The minimum atomic E-state index is -1.29. The van der Waals surface area contributed by atoms with Gasteiger partial charge in [0, 0.05) is 43.8 Å². The Morgan fingerprint density at radius 1 is 1.38 bits per heavy atom. The molecule has 0 radical (unpaired) electrons. The van der Waals surface area contributed by atoms with Gasteiger partial charge in [0.1, 0.15) is 11.4 Å². The second kappa shape index (κ2) is 6.39. The quantitative estimate of drug-likeness (QED) is 0.874. The van der Waals surface area contributed by atoms with Gasteiger partial charge in [0.05, 0.1) is 11.2 Å². The number of hydrogen-bond acceptors (Lipinski definition) is 4. The number of carboxylic acid groups (broad SMARTS) is 1. The molecule has 26 heavy (non-hydrogen) atoms. The van der Waals surface area contributed by atoms with E-state index in [0.717, 1.165) is 13.1 Å². The largest absolute Gasteiger partial charge is 0.477 e. The second-order valence-electron chi connectivity index (χ2n) is 7.13. The summed E-state index contributed by atoms with van der Waals surface area (Å²) in [7, 11) is 0. The fourth-order valence-electron chi connectivity index (χ4n) is 3.87. The molecule has 0 amide bonds. The third-order valence-corrected chi connectivity index (χ3v) is 5.46. The molecule has 0 bridgehead atoms. The highest BCUT2D eigenvalue weighted by molar-refractivity contribution is 5.93. The van der Waals surface area contributed by atoms with Gasteiger partial charge < -0.3 is 19.9 Å². The van der Waals surface area contributed by atoms with E-state index in [-0.39, 0.29) is 10.9 Å². The zero-order valence-corrected chi connectivity index (χ0v) is 14.7. The van der Waals surface area contributed by atoms with E-state index in [2.05, 4.69) is 5.32 Å². The van der Waals surface area contributed by atoms with Crippen LogP contribution in [0, 0.1) is 11.7 Å². The third-order valence-electron chi connectivity index (χ3n) is 5.46. The summed E-state index contributed by atoms with van der Waals surface area (Å²) in [5.74, 6) is -1.09. The van der Waals surface area contributed by atoms with E-state index in [1.54, 1.807) is 10.6 Å². The Labute approximate surface area is 150 Å². The Morgan fingerprint density at radius 2 is 2.15 bits per heavy atom. The Bertz CT molecular complexity index is 936. The van der Waals surface area contributed by atoms with Crippen molar-refractivity contribution in [3.8, 4) is 0 Å². The third kappa shape index (κ3) is 2.86. The monoisotopic (exact) mass is 359 g/mol. The number of hydrogen-bond donors (Lipinski definition) is 2. The molecule has 1 atom stereocenters. The van der Waals surface area contributed by atoms with Crippen molar-refractivity contribution in [2.75, 3.05) is 24.5 Å². The maximum Gasteiger partial charge on any atom is 0.341 e. The summed E-state index contributed by atoms with van der Waals surface area (Å²) in [5, 5.41) is 12.9. The summed E-state index contributed by atoms with van der Waals surface area (Å²) in [4.78, 5) is 25.8. The van der Waals surface area contributed by atoms with Crippen LogP contribution in [0.5, 0.6) is 0 Å². The van der Waals surface area contributed by atoms with Gasteiger partial charge in [-0.1, -0.05) is 0 Å². The molecule has 2 N–H and O–H groups in total. The molecule has 2 aromatic rings. The highest BCUT2D eigenvalue weighted by Crippen LogP contribution is 2.35. The van der Waals surface area contributed by atoms with Crippen molar-refractivity contribution < 1.29 is 14.3 Å². The number of piperazine rings is 1. The van der Waals surface area contributed by atoms with Gasteiger partial charge in [0.2, 0.25) is 5.43 Å². The Hall–Kier alpha value is -2.41.